The first kappa shape index (κ1) is 9.41. The van der Waals surface area contributed by atoms with E-state index in [-0.39, 0.29) is 5.95 Å². The molecule has 1 aliphatic heterocycles. The third-order valence-corrected chi connectivity index (χ3v) is 2.75. The van der Waals surface area contributed by atoms with Crippen molar-refractivity contribution >= 4 is 16.9 Å². The summed E-state index contributed by atoms with van der Waals surface area (Å²) >= 11 is 0. The number of nitrogens with two attached hydrogens (primary N) is 1. The third kappa shape index (κ3) is 1.30. The zero-order valence-corrected chi connectivity index (χ0v) is 8.72. The van der Waals surface area contributed by atoms with Crippen molar-refractivity contribution in [2.45, 2.75) is 0 Å². The molecule has 0 spiro atoms. The lowest BCUT2D eigenvalue weighted by atomic mass is 10.5. The van der Waals surface area contributed by atoms with Gasteiger partial charge in [-0.3, -0.25) is 0 Å². The van der Waals surface area contributed by atoms with Crippen molar-refractivity contribution in [3.63, 3.8) is 0 Å². The van der Waals surface area contributed by atoms with Crippen LogP contribution < -0.4 is 10.7 Å². The Hall–Kier alpha value is -1.82. The predicted molar refractivity (Wildman–Crippen MR) is 59.1 cm³/mol. The monoisotopic (exact) mass is 223 g/mol. The first-order valence-corrected chi connectivity index (χ1v) is 5.18. The average molecular weight is 223 g/mol. The number of aromatic nitrogens is 1. The lowest BCUT2D eigenvalue weighted by Crippen LogP contribution is -2.44. The zero-order valence-electron chi connectivity index (χ0n) is 8.72. The van der Waals surface area contributed by atoms with Crippen LogP contribution in [0.4, 0.5) is 5.82 Å². The second-order valence-corrected chi connectivity index (χ2v) is 3.78. The maximum absolute atomic E-state index is 9.29. The summed E-state index contributed by atoms with van der Waals surface area (Å²) in [6.07, 6.45) is 0. The molecule has 16 heavy (non-hydrogen) atoms. The molecular weight excluding hydrogens is 210 g/mol. The molecule has 0 aliphatic carbocycles. The molecule has 2 aromatic heterocycles. The molecule has 86 valence electrons. The van der Waals surface area contributed by atoms with E-state index in [1.807, 2.05) is 4.68 Å². The predicted octanol–water partition coefficient (Wildman–Crippen LogP) is 0.490. The summed E-state index contributed by atoms with van der Waals surface area (Å²) in [5, 5.41) is 11.4. The van der Waals surface area contributed by atoms with Gasteiger partial charge in [0.2, 0.25) is 0 Å². The number of ether oxygens (including phenoxy) is 1. The summed E-state index contributed by atoms with van der Waals surface area (Å²) in [7, 11) is 0. The minimum atomic E-state index is -0.0907. The van der Waals surface area contributed by atoms with E-state index in [1.165, 1.54) is 0 Å². The van der Waals surface area contributed by atoms with E-state index in [1.54, 1.807) is 12.1 Å². The Bertz CT molecular complexity index is 511. The molecule has 0 atom stereocenters. The van der Waals surface area contributed by atoms with Crippen molar-refractivity contribution in [2.24, 2.45) is 0 Å². The first-order valence-electron chi connectivity index (χ1n) is 5.18. The van der Waals surface area contributed by atoms with Gasteiger partial charge in [-0.2, -0.15) is 0 Å². The molecule has 1 aliphatic rings. The van der Waals surface area contributed by atoms with Crippen molar-refractivity contribution < 1.29 is 14.3 Å². The van der Waals surface area contributed by atoms with Gasteiger partial charge < -0.3 is 25.0 Å². The highest BCUT2D eigenvalue weighted by atomic mass is 16.5. The zero-order chi connectivity index (χ0) is 11.1. The molecule has 0 aromatic carbocycles. The number of hydrogen-bond donors (Lipinski definition) is 2. The average Bonchev–Trinajstić information content (AvgIpc) is 2.74. The molecule has 6 nitrogen and oxygen atoms in total. The highest BCUT2D eigenvalue weighted by Crippen LogP contribution is 2.28. The molecule has 0 amide bonds. The van der Waals surface area contributed by atoms with Crippen LogP contribution in [-0.4, -0.2) is 36.1 Å². The Morgan fingerprint density at radius 2 is 2.00 bits per heavy atom. The standard InChI is InChI=1S/C10H13N3O3/c11-9-6-8-7(5-10(14)16-8)13(9)12-1-3-15-4-2-12/h5-6,14H,1-4,11H2. The number of anilines is 1. The van der Waals surface area contributed by atoms with Crippen LogP contribution in [-0.2, 0) is 4.74 Å². The molecule has 6 heteroatoms. The van der Waals surface area contributed by atoms with Crippen molar-refractivity contribution in [2.75, 3.05) is 37.0 Å². The molecular formula is C10H13N3O3. The molecule has 1 fully saturated rings. The minimum absolute atomic E-state index is 0.0907. The van der Waals surface area contributed by atoms with Crippen molar-refractivity contribution in [3.8, 4) is 5.95 Å². The maximum Gasteiger partial charge on any atom is 0.284 e. The van der Waals surface area contributed by atoms with Gasteiger partial charge in [0.05, 0.1) is 26.3 Å². The summed E-state index contributed by atoms with van der Waals surface area (Å²) in [5.74, 6) is 0.516. The highest BCUT2D eigenvalue weighted by molar-refractivity contribution is 5.81. The lowest BCUT2D eigenvalue weighted by Gasteiger charge is -2.30. The Labute approximate surface area is 91.8 Å². The van der Waals surface area contributed by atoms with Gasteiger partial charge in [-0.05, 0) is 0 Å². The van der Waals surface area contributed by atoms with E-state index in [4.69, 9.17) is 14.9 Å². The summed E-state index contributed by atoms with van der Waals surface area (Å²) in [6, 6.07) is 3.28. The molecule has 1 saturated heterocycles. The Kier molecular flexibility index (Phi) is 1.97. The largest absolute Gasteiger partial charge is 0.481 e. The van der Waals surface area contributed by atoms with Crippen molar-refractivity contribution in [3.05, 3.63) is 12.1 Å². The normalized spacial score (nSPS) is 17.1. The summed E-state index contributed by atoms with van der Waals surface area (Å²) in [4.78, 5) is 0. The van der Waals surface area contributed by atoms with E-state index in [2.05, 4.69) is 5.01 Å². The smallest absolute Gasteiger partial charge is 0.284 e. The SMILES string of the molecule is Nc1cc2oc(O)cc2n1N1CCOCC1. The molecule has 0 saturated carbocycles. The van der Waals surface area contributed by atoms with Gasteiger partial charge in [0.1, 0.15) is 11.3 Å². The fourth-order valence-electron chi connectivity index (χ4n) is 2.06. The van der Waals surface area contributed by atoms with Crippen LogP contribution in [0.2, 0.25) is 0 Å². The molecule has 2 aromatic rings. The second-order valence-electron chi connectivity index (χ2n) is 3.78. The van der Waals surface area contributed by atoms with Crippen LogP contribution >= 0.6 is 0 Å². The van der Waals surface area contributed by atoms with Gasteiger partial charge >= 0.3 is 0 Å². The first-order chi connectivity index (χ1) is 7.75. The van der Waals surface area contributed by atoms with Crippen LogP contribution in [0.3, 0.4) is 0 Å². The van der Waals surface area contributed by atoms with Gasteiger partial charge in [-0.1, -0.05) is 0 Å². The number of rotatable bonds is 1. The molecule has 0 bridgehead atoms. The number of morpholine rings is 1. The van der Waals surface area contributed by atoms with E-state index < -0.39 is 0 Å². The highest BCUT2D eigenvalue weighted by Gasteiger charge is 2.18. The van der Waals surface area contributed by atoms with E-state index in [0.717, 1.165) is 18.6 Å². The fourth-order valence-corrected chi connectivity index (χ4v) is 2.06. The third-order valence-electron chi connectivity index (χ3n) is 2.75. The van der Waals surface area contributed by atoms with Gasteiger partial charge in [-0.15, -0.1) is 0 Å². The van der Waals surface area contributed by atoms with Crippen LogP contribution in [0.1, 0.15) is 0 Å². The van der Waals surface area contributed by atoms with Crippen molar-refractivity contribution in [1.82, 2.24) is 4.68 Å². The Balaban J connectivity index is 2.09. The number of furan rings is 1. The maximum atomic E-state index is 9.29. The Morgan fingerprint density at radius 3 is 2.75 bits per heavy atom. The van der Waals surface area contributed by atoms with Gasteiger partial charge in [0, 0.05) is 12.1 Å². The minimum Gasteiger partial charge on any atom is -0.481 e. The summed E-state index contributed by atoms with van der Waals surface area (Å²) < 4.78 is 12.3. The Morgan fingerprint density at radius 1 is 1.25 bits per heavy atom. The fraction of sp³-hybridized carbons (Fsp3) is 0.400. The number of nitrogen functional groups attached to an aromatic ring is 1. The van der Waals surface area contributed by atoms with Gasteiger partial charge in [0.15, 0.2) is 5.58 Å². The van der Waals surface area contributed by atoms with Crippen molar-refractivity contribution in [1.29, 1.82) is 0 Å². The molecule has 0 unspecified atom stereocenters. The number of aromatic hydroxyl groups is 1. The molecule has 0 radical (unpaired) electrons. The lowest BCUT2D eigenvalue weighted by molar-refractivity contribution is 0.112. The molecule has 3 heterocycles. The van der Waals surface area contributed by atoms with Gasteiger partial charge in [0.25, 0.3) is 5.95 Å². The number of nitrogens with zero attached hydrogens (tertiary/aromatic N) is 2. The topological polar surface area (TPSA) is 76.8 Å². The van der Waals surface area contributed by atoms with Crippen LogP contribution in [0.15, 0.2) is 16.5 Å². The second kappa shape index (κ2) is 3.34. The van der Waals surface area contributed by atoms with Crippen LogP contribution in [0.25, 0.3) is 11.1 Å². The van der Waals surface area contributed by atoms with E-state index in [0.29, 0.717) is 24.6 Å². The molecule has 3 N–H and O–H groups in total. The van der Waals surface area contributed by atoms with E-state index in [9.17, 15) is 5.11 Å². The molecule has 3 rings (SSSR count). The van der Waals surface area contributed by atoms with Crippen LogP contribution in [0, 0.1) is 0 Å². The van der Waals surface area contributed by atoms with Crippen LogP contribution in [0.5, 0.6) is 5.95 Å². The van der Waals surface area contributed by atoms with Gasteiger partial charge in [-0.25, -0.2) is 4.68 Å². The van der Waals surface area contributed by atoms with E-state index >= 15 is 0 Å². The number of hydrogen-bond acceptors (Lipinski definition) is 5. The summed E-state index contributed by atoms with van der Waals surface area (Å²) in [6.45, 7) is 2.92. The summed E-state index contributed by atoms with van der Waals surface area (Å²) in [5.41, 5.74) is 7.30. The quantitative estimate of drug-likeness (QED) is 0.735. The number of fused-ring (bicyclic) bond motifs is 1.